The summed E-state index contributed by atoms with van der Waals surface area (Å²) in [6.07, 6.45) is 4.79. The van der Waals surface area contributed by atoms with E-state index in [0.29, 0.717) is 11.6 Å². The molecule has 0 aliphatic rings. The first-order chi connectivity index (χ1) is 7.74. The molecule has 5 nitrogen and oxygen atoms in total. The van der Waals surface area contributed by atoms with E-state index in [0.717, 1.165) is 19.4 Å². The number of unbranched alkanes of at least 4 members (excludes halogenated alkanes) is 1. The Morgan fingerprint density at radius 1 is 1.56 bits per heavy atom. The number of nitrogens with zero attached hydrogens (tertiary/aromatic N) is 2. The Morgan fingerprint density at radius 3 is 3.06 bits per heavy atom. The van der Waals surface area contributed by atoms with Crippen LogP contribution in [-0.4, -0.2) is 34.3 Å². The van der Waals surface area contributed by atoms with Crippen molar-refractivity contribution in [3.05, 3.63) is 12.5 Å². The molecule has 0 bridgehead atoms. The van der Waals surface area contributed by atoms with Crippen molar-refractivity contribution in [2.45, 2.75) is 32.8 Å². The average Bonchev–Trinajstić information content (AvgIpc) is 2.28. The Hall–Kier alpha value is -1.36. The second-order valence-electron chi connectivity index (χ2n) is 3.68. The standard InChI is InChI=1S/C11H19N3O2/c1-3-4-5-13-11-10(6-12-8-14-11)16-7-9(2)15/h6,8-9,15H,3-5,7H2,1-2H3,(H,12,13,14). The summed E-state index contributed by atoms with van der Waals surface area (Å²) in [4.78, 5) is 7.99. The molecule has 2 N–H and O–H groups in total. The molecule has 1 unspecified atom stereocenters. The highest BCUT2D eigenvalue weighted by Crippen LogP contribution is 2.19. The van der Waals surface area contributed by atoms with Crippen LogP contribution in [0, 0.1) is 0 Å². The number of aromatic nitrogens is 2. The fraction of sp³-hybridized carbons (Fsp3) is 0.636. The largest absolute Gasteiger partial charge is 0.485 e. The van der Waals surface area contributed by atoms with Gasteiger partial charge in [0.2, 0.25) is 0 Å². The van der Waals surface area contributed by atoms with E-state index >= 15 is 0 Å². The zero-order valence-electron chi connectivity index (χ0n) is 9.81. The number of aliphatic hydroxyl groups excluding tert-OH is 1. The topological polar surface area (TPSA) is 67.3 Å². The quantitative estimate of drug-likeness (QED) is 0.687. The van der Waals surface area contributed by atoms with Crippen LogP contribution in [-0.2, 0) is 0 Å². The summed E-state index contributed by atoms with van der Waals surface area (Å²) in [6.45, 7) is 4.91. The molecule has 90 valence electrons. The number of anilines is 1. The number of hydrogen-bond donors (Lipinski definition) is 2. The van der Waals surface area contributed by atoms with Gasteiger partial charge in [-0.15, -0.1) is 0 Å². The molecular formula is C11H19N3O2. The molecule has 0 aromatic carbocycles. The maximum absolute atomic E-state index is 9.13. The number of aliphatic hydroxyl groups is 1. The van der Waals surface area contributed by atoms with Crippen molar-refractivity contribution < 1.29 is 9.84 Å². The number of rotatable bonds is 7. The minimum Gasteiger partial charge on any atom is -0.485 e. The molecule has 0 aliphatic heterocycles. The van der Waals surface area contributed by atoms with Crippen molar-refractivity contribution in [1.82, 2.24) is 9.97 Å². The average molecular weight is 225 g/mol. The van der Waals surface area contributed by atoms with Crippen LogP contribution in [0.2, 0.25) is 0 Å². The number of nitrogens with one attached hydrogen (secondary N) is 1. The van der Waals surface area contributed by atoms with E-state index < -0.39 is 6.10 Å². The van der Waals surface area contributed by atoms with Crippen LogP contribution in [0.1, 0.15) is 26.7 Å². The van der Waals surface area contributed by atoms with E-state index in [2.05, 4.69) is 22.2 Å². The second kappa shape index (κ2) is 7.00. The SMILES string of the molecule is CCCCNc1ncncc1OCC(C)O. The lowest BCUT2D eigenvalue weighted by molar-refractivity contribution is 0.122. The monoisotopic (exact) mass is 225 g/mol. The summed E-state index contributed by atoms with van der Waals surface area (Å²) in [5.74, 6) is 1.27. The van der Waals surface area contributed by atoms with Gasteiger partial charge in [-0.3, -0.25) is 0 Å². The Morgan fingerprint density at radius 2 is 2.38 bits per heavy atom. The van der Waals surface area contributed by atoms with Gasteiger partial charge in [0.15, 0.2) is 11.6 Å². The van der Waals surface area contributed by atoms with Gasteiger partial charge in [0.05, 0.1) is 12.3 Å². The van der Waals surface area contributed by atoms with Crippen molar-refractivity contribution in [3.63, 3.8) is 0 Å². The lowest BCUT2D eigenvalue weighted by atomic mass is 10.3. The van der Waals surface area contributed by atoms with Gasteiger partial charge in [0.25, 0.3) is 0 Å². The molecule has 0 radical (unpaired) electrons. The maximum Gasteiger partial charge on any atom is 0.179 e. The van der Waals surface area contributed by atoms with Gasteiger partial charge < -0.3 is 15.2 Å². The van der Waals surface area contributed by atoms with Crippen LogP contribution in [0.25, 0.3) is 0 Å². The highest BCUT2D eigenvalue weighted by molar-refractivity contribution is 5.47. The van der Waals surface area contributed by atoms with Crippen LogP contribution in [0.15, 0.2) is 12.5 Å². The molecule has 0 saturated heterocycles. The molecule has 0 saturated carbocycles. The summed E-state index contributed by atoms with van der Waals surface area (Å²) in [7, 11) is 0. The predicted octanol–water partition coefficient (Wildman–Crippen LogP) is 1.45. The summed E-state index contributed by atoms with van der Waals surface area (Å²) >= 11 is 0. The maximum atomic E-state index is 9.13. The van der Waals surface area contributed by atoms with E-state index in [-0.39, 0.29) is 6.61 Å². The lowest BCUT2D eigenvalue weighted by Crippen LogP contribution is -2.14. The van der Waals surface area contributed by atoms with E-state index in [1.807, 2.05) is 0 Å². The van der Waals surface area contributed by atoms with E-state index in [4.69, 9.17) is 9.84 Å². The van der Waals surface area contributed by atoms with Crippen LogP contribution < -0.4 is 10.1 Å². The summed E-state index contributed by atoms with van der Waals surface area (Å²) in [6, 6.07) is 0. The molecule has 1 rings (SSSR count). The molecule has 0 fully saturated rings. The van der Waals surface area contributed by atoms with Crippen molar-refractivity contribution in [1.29, 1.82) is 0 Å². The van der Waals surface area contributed by atoms with Gasteiger partial charge >= 0.3 is 0 Å². The molecular weight excluding hydrogens is 206 g/mol. The third-order valence-corrected chi connectivity index (χ3v) is 1.98. The van der Waals surface area contributed by atoms with Gasteiger partial charge in [0.1, 0.15) is 12.9 Å². The highest BCUT2D eigenvalue weighted by atomic mass is 16.5. The molecule has 0 amide bonds. The van der Waals surface area contributed by atoms with Crippen molar-refractivity contribution in [3.8, 4) is 5.75 Å². The minimum atomic E-state index is -0.497. The van der Waals surface area contributed by atoms with E-state index in [1.54, 1.807) is 13.1 Å². The van der Waals surface area contributed by atoms with Gasteiger partial charge in [-0.2, -0.15) is 0 Å². The van der Waals surface area contributed by atoms with E-state index in [1.165, 1.54) is 6.33 Å². The first-order valence-corrected chi connectivity index (χ1v) is 5.58. The smallest absolute Gasteiger partial charge is 0.179 e. The van der Waals surface area contributed by atoms with Crippen LogP contribution in [0.5, 0.6) is 5.75 Å². The normalized spacial score (nSPS) is 12.2. The summed E-state index contributed by atoms with van der Waals surface area (Å²) in [5.41, 5.74) is 0. The fourth-order valence-electron chi connectivity index (χ4n) is 1.15. The zero-order valence-corrected chi connectivity index (χ0v) is 9.81. The Kier molecular flexibility index (Phi) is 5.56. The van der Waals surface area contributed by atoms with Crippen LogP contribution in [0.4, 0.5) is 5.82 Å². The lowest BCUT2D eigenvalue weighted by Gasteiger charge is -2.12. The molecule has 1 aromatic rings. The zero-order chi connectivity index (χ0) is 11.8. The molecule has 5 heteroatoms. The summed E-state index contributed by atoms with van der Waals surface area (Å²) in [5, 5.41) is 12.3. The minimum absolute atomic E-state index is 0.246. The van der Waals surface area contributed by atoms with Gasteiger partial charge in [-0.1, -0.05) is 13.3 Å². The molecule has 1 heterocycles. The van der Waals surface area contributed by atoms with E-state index in [9.17, 15) is 0 Å². The van der Waals surface area contributed by atoms with Crippen molar-refractivity contribution >= 4 is 5.82 Å². The van der Waals surface area contributed by atoms with Gasteiger partial charge in [-0.05, 0) is 13.3 Å². The molecule has 16 heavy (non-hydrogen) atoms. The Balaban J connectivity index is 2.53. The fourth-order valence-corrected chi connectivity index (χ4v) is 1.15. The second-order valence-corrected chi connectivity index (χ2v) is 3.68. The Labute approximate surface area is 95.9 Å². The number of hydrogen-bond acceptors (Lipinski definition) is 5. The van der Waals surface area contributed by atoms with Crippen LogP contribution in [0.3, 0.4) is 0 Å². The molecule has 1 aromatic heterocycles. The molecule has 1 atom stereocenters. The van der Waals surface area contributed by atoms with Crippen LogP contribution >= 0.6 is 0 Å². The molecule has 0 spiro atoms. The molecule has 0 aliphatic carbocycles. The van der Waals surface area contributed by atoms with Gasteiger partial charge in [0, 0.05) is 6.54 Å². The predicted molar refractivity (Wildman–Crippen MR) is 62.6 cm³/mol. The van der Waals surface area contributed by atoms with Crippen molar-refractivity contribution in [2.24, 2.45) is 0 Å². The number of ether oxygens (including phenoxy) is 1. The van der Waals surface area contributed by atoms with Crippen molar-refractivity contribution in [2.75, 3.05) is 18.5 Å². The van der Waals surface area contributed by atoms with Gasteiger partial charge in [-0.25, -0.2) is 9.97 Å². The summed E-state index contributed by atoms with van der Waals surface area (Å²) < 4.78 is 5.39. The highest BCUT2D eigenvalue weighted by Gasteiger charge is 2.05. The third-order valence-electron chi connectivity index (χ3n) is 1.98. The first kappa shape index (κ1) is 12.7. The first-order valence-electron chi connectivity index (χ1n) is 5.58. The third kappa shape index (κ3) is 4.44. The Bertz CT molecular complexity index is 305.